The van der Waals surface area contributed by atoms with Gasteiger partial charge in [0.1, 0.15) is 11.6 Å². The Bertz CT molecular complexity index is 808. The maximum atomic E-state index is 12.7. The predicted molar refractivity (Wildman–Crippen MR) is 87.9 cm³/mol. The Balaban J connectivity index is 1.90. The molecule has 0 unspecified atom stereocenters. The van der Waals surface area contributed by atoms with E-state index in [-0.39, 0.29) is 17.5 Å². The van der Waals surface area contributed by atoms with Crippen LogP contribution in [-0.2, 0) is 12.8 Å². The van der Waals surface area contributed by atoms with Crippen LogP contribution in [0.5, 0.6) is 0 Å². The van der Waals surface area contributed by atoms with Gasteiger partial charge in [0.25, 0.3) is 11.5 Å². The van der Waals surface area contributed by atoms with Crippen LogP contribution in [0.4, 0.5) is 0 Å². The van der Waals surface area contributed by atoms with Gasteiger partial charge in [0.2, 0.25) is 0 Å². The van der Waals surface area contributed by atoms with Crippen molar-refractivity contribution in [1.82, 2.24) is 20.0 Å². The summed E-state index contributed by atoms with van der Waals surface area (Å²) in [7, 11) is 0. The molecule has 2 aromatic rings. The monoisotopic (exact) mass is 330 g/mol. The topological polar surface area (TPSA) is 92.1 Å². The van der Waals surface area contributed by atoms with Crippen molar-refractivity contribution < 1.29 is 9.32 Å². The molecule has 1 amide bonds. The first kappa shape index (κ1) is 16.4. The van der Waals surface area contributed by atoms with Crippen molar-refractivity contribution in [3.05, 3.63) is 45.0 Å². The molecule has 1 aliphatic rings. The molecular weight excluding hydrogens is 308 g/mol. The third kappa shape index (κ3) is 2.86. The van der Waals surface area contributed by atoms with Crippen LogP contribution in [0.25, 0.3) is 0 Å². The fraction of sp³-hybridized carbons (Fsp3) is 0.529. The van der Waals surface area contributed by atoms with E-state index in [9.17, 15) is 9.59 Å². The van der Waals surface area contributed by atoms with Crippen molar-refractivity contribution >= 4 is 5.91 Å². The number of H-pyrrole nitrogens is 1. The van der Waals surface area contributed by atoms with Crippen LogP contribution < -0.4 is 5.56 Å². The second-order valence-corrected chi connectivity index (χ2v) is 6.06. The summed E-state index contributed by atoms with van der Waals surface area (Å²) in [5.41, 5.74) is 1.61. The van der Waals surface area contributed by atoms with E-state index < -0.39 is 0 Å². The summed E-state index contributed by atoms with van der Waals surface area (Å²) in [6, 6.07) is 1.45. The van der Waals surface area contributed by atoms with Crippen molar-refractivity contribution in [2.75, 3.05) is 6.54 Å². The summed E-state index contributed by atoms with van der Waals surface area (Å²) in [6.45, 7) is 6.33. The molecule has 0 spiro atoms. The highest BCUT2D eigenvalue weighted by Crippen LogP contribution is 2.31. The molecule has 0 bridgehead atoms. The van der Waals surface area contributed by atoms with Crippen molar-refractivity contribution in [2.45, 2.75) is 52.5 Å². The van der Waals surface area contributed by atoms with Gasteiger partial charge in [-0.3, -0.25) is 9.59 Å². The van der Waals surface area contributed by atoms with Gasteiger partial charge in [0.05, 0.1) is 6.04 Å². The van der Waals surface area contributed by atoms with E-state index in [0.29, 0.717) is 42.2 Å². The van der Waals surface area contributed by atoms with Crippen molar-refractivity contribution in [3.8, 4) is 0 Å². The highest BCUT2D eigenvalue weighted by Gasteiger charge is 2.34. The van der Waals surface area contributed by atoms with Gasteiger partial charge in [-0.25, -0.2) is 4.98 Å². The summed E-state index contributed by atoms with van der Waals surface area (Å²) in [5.74, 6) is 1.06. The zero-order chi connectivity index (χ0) is 17.3. The first-order valence-electron chi connectivity index (χ1n) is 8.41. The predicted octanol–water partition coefficient (Wildman–Crippen LogP) is 2.17. The van der Waals surface area contributed by atoms with Crippen molar-refractivity contribution in [1.29, 1.82) is 0 Å². The van der Waals surface area contributed by atoms with Gasteiger partial charge < -0.3 is 14.4 Å². The minimum Gasteiger partial charge on any atom is -0.361 e. The zero-order valence-corrected chi connectivity index (χ0v) is 14.3. The molecule has 0 saturated carbocycles. The standard InChI is InChI=1S/C17H22N4O3/c1-4-11-9-13(20-24-11)17(23)21-8-6-7-14(21)15-18-10(3)12(5-2)16(22)19-15/h9,14H,4-8H2,1-3H3,(H,18,19,22)/t14-/m1/s1. The van der Waals surface area contributed by atoms with Gasteiger partial charge in [0, 0.05) is 30.3 Å². The van der Waals surface area contributed by atoms with Gasteiger partial charge >= 0.3 is 0 Å². The number of amides is 1. The number of carbonyl (C=O) groups is 1. The first-order valence-corrected chi connectivity index (χ1v) is 8.41. The second kappa shape index (κ2) is 6.59. The summed E-state index contributed by atoms with van der Waals surface area (Å²) >= 11 is 0. The Hall–Kier alpha value is -2.44. The quantitative estimate of drug-likeness (QED) is 0.927. The fourth-order valence-electron chi connectivity index (χ4n) is 3.23. The molecule has 1 aliphatic heterocycles. The number of nitrogens with zero attached hydrogens (tertiary/aromatic N) is 3. The summed E-state index contributed by atoms with van der Waals surface area (Å²) in [4.78, 5) is 34.1. The molecule has 3 rings (SSSR count). The lowest BCUT2D eigenvalue weighted by Gasteiger charge is -2.23. The second-order valence-electron chi connectivity index (χ2n) is 6.06. The average molecular weight is 330 g/mol. The van der Waals surface area contributed by atoms with E-state index in [1.807, 2.05) is 20.8 Å². The van der Waals surface area contributed by atoms with Crippen molar-refractivity contribution in [3.63, 3.8) is 0 Å². The summed E-state index contributed by atoms with van der Waals surface area (Å²) in [6.07, 6.45) is 2.97. The number of aromatic nitrogens is 3. The molecule has 1 fully saturated rings. The Labute approximate surface area is 140 Å². The molecule has 24 heavy (non-hydrogen) atoms. The lowest BCUT2D eigenvalue weighted by Crippen LogP contribution is -2.33. The molecule has 7 heteroatoms. The summed E-state index contributed by atoms with van der Waals surface area (Å²) in [5, 5.41) is 3.86. The van der Waals surface area contributed by atoms with Crippen LogP contribution >= 0.6 is 0 Å². The molecule has 7 nitrogen and oxygen atoms in total. The van der Waals surface area contributed by atoms with E-state index in [0.717, 1.165) is 18.5 Å². The lowest BCUT2D eigenvalue weighted by molar-refractivity contribution is 0.0719. The van der Waals surface area contributed by atoms with Crippen LogP contribution in [0.3, 0.4) is 0 Å². The van der Waals surface area contributed by atoms with Crippen LogP contribution in [0.15, 0.2) is 15.4 Å². The Kier molecular flexibility index (Phi) is 4.51. The Morgan fingerprint density at radius 3 is 2.83 bits per heavy atom. The molecule has 3 heterocycles. The SMILES string of the molecule is CCc1cc(C(=O)N2CCC[C@@H]2c2nc(C)c(CC)c(=O)[nH]2)no1. The molecule has 2 aromatic heterocycles. The average Bonchev–Trinajstić information content (AvgIpc) is 3.23. The van der Waals surface area contributed by atoms with E-state index >= 15 is 0 Å². The molecule has 1 atom stereocenters. The molecular formula is C17H22N4O3. The van der Waals surface area contributed by atoms with E-state index in [4.69, 9.17) is 4.52 Å². The Morgan fingerprint density at radius 2 is 2.21 bits per heavy atom. The number of nitrogens with one attached hydrogen (secondary N) is 1. The molecule has 0 radical (unpaired) electrons. The van der Waals surface area contributed by atoms with Gasteiger partial charge in [-0.15, -0.1) is 0 Å². The number of carbonyl (C=O) groups excluding carboxylic acids is 1. The number of aromatic amines is 1. The van der Waals surface area contributed by atoms with Crippen LogP contribution in [0.2, 0.25) is 0 Å². The fourth-order valence-corrected chi connectivity index (χ4v) is 3.23. The largest absolute Gasteiger partial charge is 0.361 e. The number of rotatable bonds is 4. The minimum absolute atomic E-state index is 0.117. The highest BCUT2D eigenvalue weighted by molar-refractivity contribution is 5.92. The van der Waals surface area contributed by atoms with Crippen LogP contribution in [0.1, 0.15) is 66.1 Å². The number of aryl methyl sites for hydroxylation is 2. The molecule has 128 valence electrons. The Morgan fingerprint density at radius 1 is 1.42 bits per heavy atom. The van der Waals surface area contributed by atoms with Gasteiger partial charge in [-0.2, -0.15) is 0 Å². The number of hydrogen-bond acceptors (Lipinski definition) is 5. The van der Waals surface area contributed by atoms with Crippen LogP contribution in [0, 0.1) is 6.92 Å². The summed E-state index contributed by atoms with van der Waals surface area (Å²) < 4.78 is 5.13. The highest BCUT2D eigenvalue weighted by atomic mass is 16.5. The minimum atomic E-state index is -0.225. The van der Waals surface area contributed by atoms with Crippen molar-refractivity contribution in [2.24, 2.45) is 0 Å². The normalized spacial score (nSPS) is 17.5. The maximum Gasteiger partial charge on any atom is 0.276 e. The molecule has 1 N–H and O–H groups in total. The van der Waals surface area contributed by atoms with Gasteiger partial charge in [0.15, 0.2) is 5.69 Å². The van der Waals surface area contributed by atoms with Gasteiger partial charge in [-0.05, 0) is 26.2 Å². The number of likely N-dealkylation sites (tertiary alicyclic amines) is 1. The first-order chi connectivity index (χ1) is 11.5. The number of hydrogen-bond donors (Lipinski definition) is 1. The zero-order valence-electron chi connectivity index (χ0n) is 14.3. The maximum absolute atomic E-state index is 12.7. The smallest absolute Gasteiger partial charge is 0.276 e. The third-order valence-corrected chi connectivity index (χ3v) is 4.55. The molecule has 0 aliphatic carbocycles. The van der Waals surface area contributed by atoms with Gasteiger partial charge in [-0.1, -0.05) is 19.0 Å². The molecule has 1 saturated heterocycles. The van der Waals surface area contributed by atoms with Crippen LogP contribution in [-0.4, -0.2) is 32.5 Å². The lowest BCUT2D eigenvalue weighted by atomic mass is 10.1. The van der Waals surface area contributed by atoms with E-state index in [2.05, 4.69) is 15.1 Å². The van der Waals surface area contributed by atoms with E-state index in [1.54, 1.807) is 11.0 Å². The molecule has 0 aromatic carbocycles. The van der Waals surface area contributed by atoms with E-state index in [1.165, 1.54) is 0 Å². The third-order valence-electron chi connectivity index (χ3n) is 4.55.